The van der Waals surface area contributed by atoms with Crippen LogP contribution in [0, 0.1) is 5.92 Å². The third-order valence-electron chi connectivity index (χ3n) is 0.862. The first-order valence-electron chi connectivity index (χ1n) is 2.45. The standard InChI is InChI=1S/C6H11Cl/c1-4-6(7)5(2)3/h4-6H,1H2,2-3H3/t6-/m0/s1. The highest BCUT2D eigenvalue weighted by Gasteiger charge is 2.01. The molecule has 0 aliphatic heterocycles. The van der Waals surface area contributed by atoms with Gasteiger partial charge in [-0.25, -0.2) is 0 Å². The van der Waals surface area contributed by atoms with Gasteiger partial charge in [-0.3, -0.25) is 0 Å². The van der Waals surface area contributed by atoms with Gasteiger partial charge in [-0.05, 0) is 5.92 Å². The summed E-state index contributed by atoms with van der Waals surface area (Å²) in [5, 5.41) is 0.139. The van der Waals surface area contributed by atoms with E-state index in [4.69, 9.17) is 11.6 Å². The van der Waals surface area contributed by atoms with Gasteiger partial charge in [-0.2, -0.15) is 0 Å². The number of alkyl halides is 1. The van der Waals surface area contributed by atoms with E-state index in [1.807, 2.05) is 0 Å². The van der Waals surface area contributed by atoms with E-state index in [1.54, 1.807) is 6.08 Å². The van der Waals surface area contributed by atoms with Crippen molar-refractivity contribution in [1.29, 1.82) is 0 Å². The number of hydrogen-bond acceptors (Lipinski definition) is 0. The summed E-state index contributed by atoms with van der Waals surface area (Å²) in [6.07, 6.45) is 1.76. The molecule has 1 heteroatoms. The number of rotatable bonds is 2. The first kappa shape index (κ1) is 7.03. The van der Waals surface area contributed by atoms with Crippen molar-refractivity contribution in [1.82, 2.24) is 0 Å². The molecule has 1 atom stereocenters. The van der Waals surface area contributed by atoms with Gasteiger partial charge in [0.25, 0.3) is 0 Å². The maximum atomic E-state index is 5.68. The summed E-state index contributed by atoms with van der Waals surface area (Å²) in [6.45, 7) is 7.69. The smallest absolute Gasteiger partial charge is 0.0536 e. The summed E-state index contributed by atoms with van der Waals surface area (Å²) >= 11 is 5.68. The zero-order valence-corrected chi connectivity index (χ0v) is 5.57. The van der Waals surface area contributed by atoms with E-state index in [9.17, 15) is 0 Å². The average molecular weight is 119 g/mol. The largest absolute Gasteiger partial charge is 0.118 e. The topological polar surface area (TPSA) is 0 Å². The monoisotopic (exact) mass is 118 g/mol. The minimum absolute atomic E-state index is 0.139. The van der Waals surface area contributed by atoms with Gasteiger partial charge in [0, 0.05) is 0 Å². The minimum Gasteiger partial charge on any atom is -0.118 e. The summed E-state index contributed by atoms with van der Waals surface area (Å²) in [5.74, 6) is 0.513. The quantitative estimate of drug-likeness (QED) is 0.386. The fourth-order valence-corrected chi connectivity index (χ4v) is 0.272. The lowest BCUT2D eigenvalue weighted by Crippen LogP contribution is -2.01. The molecule has 0 saturated heterocycles. The molecule has 0 rings (SSSR count). The maximum absolute atomic E-state index is 5.68. The lowest BCUT2D eigenvalue weighted by molar-refractivity contribution is 0.672. The second-order valence-electron chi connectivity index (χ2n) is 1.92. The zero-order chi connectivity index (χ0) is 5.86. The van der Waals surface area contributed by atoms with Gasteiger partial charge >= 0.3 is 0 Å². The predicted octanol–water partition coefficient (Wildman–Crippen LogP) is 2.44. The highest BCUT2D eigenvalue weighted by Crippen LogP contribution is 2.08. The third-order valence-corrected chi connectivity index (χ3v) is 1.54. The van der Waals surface area contributed by atoms with E-state index in [1.165, 1.54) is 0 Å². The third kappa shape index (κ3) is 2.69. The summed E-state index contributed by atoms with van der Waals surface area (Å²) in [4.78, 5) is 0. The SMILES string of the molecule is C=C[C@H](Cl)C(C)C. The molecule has 0 heterocycles. The van der Waals surface area contributed by atoms with E-state index in [2.05, 4.69) is 20.4 Å². The molecule has 0 bridgehead atoms. The van der Waals surface area contributed by atoms with Crippen molar-refractivity contribution >= 4 is 11.6 Å². The number of hydrogen-bond donors (Lipinski definition) is 0. The maximum Gasteiger partial charge on any atom is 0.0536 e. The Labute approximate surface area is 50.2 Å². The molecule has 42 valence electrons. The van der Waals surface area contributed by atoms with Crippen LogP contribution in [0.25, 0.3) is 0 Å². The van der Waals surface area contributed by atoms with Crippen molar-refractivity contribution in [3.63, 3.8) is 0 Å². The Kier molecular flexibility index (Phi) is 3.10. The Morgan fingerprint density at radius 3 is 2.00 bits per heavy atom. The Morgan fingerprint density at radius 2 is 2.00 bits per heavy atom. The van der Waals surface area contributed by atoms with Crippen LogP contribution in [0.1, 0.15) is 13.8 Å². The molecule has 0 aromatic heterocycles. The molecule has 0 aliphatic rings. The van der Waals surface area contributed by atoms with Gasteiger partial charge in [0.15, 0.2) is 0 Å². The molecule has 7 heavy (non-hydrogen) atoms. The molecule has 0 fully saturated rings. The molecule has 0 unspecified atom stereocenters. The molecule has 0 radical (unpaired) electrons. The Morgan fingerprint density at radius 1 is 1.57 bits per heavy atom. The van der Waals surface area contributed by atoms with Gasteiger partial charge in [-0.1, -0.05) is 19.9 Å². The number of halogens is 1. The molecule has 0 aliphatic carbocycles. The van der Waals surface area contributed by atoms with Crippen molar-refractivity contribution in [3.05, 3.63) is 12.7 Å². The summed E-state index contributed by atoms with van der Waals surface area (Å²) in [7, 11) is 0. The van der Waals surface area contributed by atoms with Crippen LogP contribution in [0.3, 0.4) is 0 Å². The second kappa shape index (κ2) is 3.09. The van der Waals surface area contributed by atoms with E-state index >= 15 is 0 Å². The summed E-state index contributed by atoms with van der Waals surface area (Å²) in [5.41, 5.74) is 0. The molecule has 0 aromatic carbocycles. The molecular formula is C6H11Cl. The van der Waals surface area contributed by atoms with Crippen LogP contribution in [0.15, 0.2) is 12.7 Å². The number of allylic oxidation sites excluding steroid dienone is 1. The lowest BCUT2D eigenvalue weighted by Gasteiger charge is -2.04. The summed E-state index contributed by atoms with van der Waals surface area (Å²) in [6, 6.07) is 0. The minimum atomic E-state index is 0.139. The van der Waals surface area contributed by atoms with Crippen LogP contribution in [-0.4, -0.2) is 5.38 Å². The molecule has 0 aromatic rings. The molecule has 0 nitrogen and oxygen atoms in total. The normalized spacial score (nSPS) is 14.3. The van der Waals surface area contributed by atoms with Crippen molar-refractivity contribution in [2.75, 3.05) is 0 Å². The highest BCUT2D eigenvalue weighted by atomic mass is 35.5. The zero-order valence-electron chi connectivity index (χ0n) is 4.82. The van der Waals surface area contributed by atoms with E-state index in [0.717, 1.165) is 0 Å². The Hall–Kier alpha value is 0.0300. The van der Waals surface area contributed by atoms with Gasteiger partial charge in [-0.15, -0.1) is 18.2 Å². The first-order valence-corrected chi connectivity index (χ1v) is 2.88. The van der Waals surface area contributed by atoms with Gasteiger partial charge < -0.3 is 0 Å². The fraction of sp³-hybridized carbons (Fsp3) is 0.667. The second-order valence-corrected chi connectivity index (χ2v) is 2.43. The van der Waals surface area contributed by atoms with Crippen LogP contribution in [0.5, 0.6) is 0 Å². The van der Waals surface area contributed by atoms with Crippen LogP contribution < -0.4 is 0 Å². The van der Waals surface area contributed by atoms with E-state index < -0.39 is 0 Å². The van der Waals surface area contributed by atoms with Crippen LogP contribution >= 0.6 is 11.6 Å². The van der Waals surface area contributed by atoms with E-state index in [-0.39, 0.29) is 5.38 Å². The van der Waals surface area contributed by atoms with Crippen molar-refractivity contribution < 1.29 is 0 Å². The lowest BCUT2D eigenvalue weighted by atomic mass is 10.1. The molecular weight excluding hydrogens is 108 g/mol. The summed E-state index contributed by atoms with van der Waals surface area (Å²) < 4.78 is 0. The van der Waals surface area contributed by atoms with Crippen LogP contribution in [0.4, 0.5) is 0 Å². The Balaban J connectivity index is 3.33. The average Bonchev–Trinajstić information content (AvgIpc) is 1.65. The first-order chi connectivity index (χ1) is 3.18. The predicted molar refractivity (Wildman–Crippen MR) is 34.7 cm³/mol. The van der Waals surface area contributed by atoms with Crippen molar-refractivity contribution in [2.24, 2.45) is 5.92 Å². The molecule has 0 N–H and O–H groups in total. The van der Waals surface area contributed by atoms with E-state index in [0.29, 0.717) is 5.92 Å². The highest BCUT2D eigenvalue weighted by molar-refractivity contribution is 6.21. The van der Waals surface area contributed by atoms with Crippen molar-refractivity contribution in [2.45, 2.75) is 19.2 Å². The Bertz CT molecular complexity index is 57.2. The van der Waals surface area contributed by atoms with Crippen LogP contribution in [0.2, 0.25) is 0 Å². The van der Waals surface area contributed by atoms with Crippen molar-refractivity contribution in [3.8, 4) is 0 Å². The molecule has 0 spiro atoms. The molecule has 0 saturated carbocycles. The van der Waals surface area contributed by atoms with Crippen LogP contribution in [-0.2, 0) is 0 Å². The fourth-order valence-electron chi connectivity index (χ4n) is 0.272. The van der Waals surface area contributed by atoms with Gasteiger partial charge in [0.05, 0.1) is 5.38 Å². The van der Waals surface area contributed by atoms with Gasteiger partial charge in [0.1, 0.15) is 0 Å². The molecule has 0 amide bonds. The van der Waals surface area contributed by atoms with Gasteiger partial charge in [0.2, 0.25) is 0 Å².